The van der Waals surface area contributed by atoms with Crippen LogP contribution in [0.4, 0.5) is 0 Å². The topological polar surface area (TPSA) is 100 Å². The number of nitrogens with one attached hydrogen (secondary N) is 1. The summed E-state index contributed by atoms with van der Waals surface area (Å²) in [6.07, 6.45) is 2.98. The lowest BCUT2D eigenvalue weighted by Crippen LogP contribution is -2.41. The average molecular weight is 452 g/mol. The van der Waals surface area contributed by atoms with Gasteiger partial charge in [0.2, 0.25) is 0 Å². The Labute approximate surface area is 191 Å². The van der Waals surface area contributed by atoms with Gasteiger partial charge in [0.1, 0.15) is 0 Å². The molecule has 1 atom stereocenters. The van der Waals surface area contributed by atoms with Crippen LogP contribution in [0.2, 0.25) is 0 Å². The molecule has 1 N–H and O–H groups in total. The fourth-order valence-corrected chi connectivity index (χ4v) is 3.95. The predicted molar refractivity (Wildman–Crippen MR) is 126 cm³/mol. The number of nitrogens with zero attached hydrogens (tertiary/aromatic N) is 4. The number of aromatic nitrogens is 4. The summed E-state index contributed by atoms with van der Waals surface area (Å²) in [5.41, 5.74) is 0.871. The number of ketones is 1. The molecule has 33 heavy (non-hydrogen) atoms. The van der Waals surface area contributed by atoms with Crippen molar-refractivity contribution in [1.29, 1.82) is 0 Å². The second kappa shape index (κ2) is 9.58. The fourth-order valence-electron chi connectivity index (χ4n) is 3.95. The molecule has 1 aromatic carbocycles. The van der Waals surface area contributed by atoms with E-state index in [0.29, 0.717) is 30.6 Å². The average Bonchev–Trinajstić information content (AvgIpc) is 3.46. The number of allylic oxidation sites excluding steroid dienone is 2. The number of aryl methyl sites for hydroxylation is 1. The molecule has 0 aliphatic carbocycles. The first-order valence-corrected chi connectivity index (χ1v) is 11.1. The third kappa shape index (κ3) is 4.68. The molecular weight excluding hydrogens is 422 g/mol. The molecule has 4 rings (SSSR count). The Morgan fingerprint density at radius 2 is 1.97 bits per heavy atom. The molecule has 9 heteroatoms. The van der Waals surface area contributed by atoms with Gasteiger partial charge < -0.3 is 10.1 Å². The van der Waals surface area contributed by atoms with E-state index in [9.17, 15) is 14.4 Å². The van der Waals surface area contributed by atoms with Crippen LogP contribution in [0.3, 0.4) is 0 Å². The van der Waals surface area contributed by atoms with Crippen LogP contribution >= 0.6 is 0 Å². The Bertz CT molecular complexity index is 1310. The number of hydrogen-bond acceptors (Lipinski definition) is 6. The van der Waals surface area contributed by atoms with Gasteiger partial charge in [-0.2, -0.15) is 4.98 Å². The molecule has 9 nitrogen and oxygen atoms in total. The van der Waals surface area contributed by atoms with Gasteiger partial charge in [-0.25, -0.2) is 4.79 Å². The molecule has 1 fully saturated rings. The maximum Gasteiger partial charge on any atom is 0.332 e. The van der Waals surface area contributed by atoms with Gasteiger partial charge in [-0.1, -0.05) is 42.0 Å². The van der Waals surface area contributed by atoms with E-state index in [4.69, 9.17) is 4.74 Å². The Hall–Kier alpha value is -3.46. The predicted octanol–water partition coefficient (Wildman–Crippen LogP) is 1.73. The summed E-state index contributed by atoms with van der Waals surface area (Å²) < 4.78 is 10.00. The lowest BCUT2D eigenvalue weighted by atomic mass is 10.1. The summed E-state index contributed by atoms with van der Waals surface area (Å²) >= 11 is 0. The van der Waals surface area contributed by atoms with E-state index in [1.165, 1.54) is 4.57 Å². The summed E-state index contributed by atoms with van der Waals surface area (Å²) in [5.74, 6) is 0.0559. The lowest BCUT2D eigenvalue weighted by Gasteiger charge is -2.12. The summed E-state index contributed by atoms with van der Waals surface area (Å²) in [6.45, 7) is 6.27. The minimum absolute atomic E-state index is 0.245. The number of benzene rings is 1. The van der Waals surface area contributed by atoms with Crippen LogP contribution in [-0.4, -0.2) is 44.2 Å². The van der Waals surface area contributed by atoms with Crippen LogP contribution in [0.5, 0.6) is 6.01 Å². The van der Waals surface area contributed by atoms with E-state index in [1.54, 1.807) is 41.9 Å². The van der Waals surface area contributed by atoms with E-state index >= 15 is 0 Å². The van der Waals surface area contributed by atoms with E-state index in [1.807, 2.05) is 19.9 Å². The summed E-state index contributed by atoms with van der Waals surface area (Å²) in [5, 5.41) is 3.31. The Balaban J connectivity index is 1.79. The molecule has 0 saturated carbocycles. The van der Waals surface area contributed by atoms with Crippen LogP contribution in [-0.2, 0) is 20.1 Å². The van der Waals surface area contributed by atoms with Gasteiger partial charge in [0, 0.05) is 31.6 Å². The monoisotopic (exact) mass is 451 g/mol. The molecule has 3 aromatic rings. The van der Waals surface area contributed by atoms with Gasteiger partial charge in [0.25, 0.3) is 11.6 Å². The van der Waals surface area contributed by atoms with Gasteiger partial charge in [0.15, 0.2) is 16.9 Å². The van der Waals surface area contributed by atoms with Crippen molar-refractivity contribution in [1.82, 2.24) is 24.0 Å². The van der Waals surface area contributed by atoms with Crippen LogP contribution in [0.1, 0.15) is 30.6 Å². The Kier molecular flexibility index (Phi) is 6.60. The second-order valence-corrected chi connectivity index (χ2v) is 8.65. The smallest absolute Gasteiger partial charge is 0.332 e. The van der Waals surface area contributed by atoms with Gasteiger partial charge in [0.05, 0.1) is 13.2 Å². The standard InChI is InChI=1S/C24H29N5O4/c1-16(2)10-12-28-20-21(26-23(28)33-15-17-9-11-25-13-17)27(3)24(32)29(22(20)31)14-19(30)18-7-5-4-6-8-18/h4-8,10,17,25H,9,11-15H2,1-3H3/t17-/m1/s1. The highest BCUT2D eigenvalue weighted by molar-refractivity contribution is 5.95. The highest BCUT2D eigenvalue weighted by Crippen LogP contribution is 2.20. The minimum Gasteiger partial charge on any atom is -0.464 e. The molecule has 1 aliphatic heterocycles. The Morgan fingerprint density at radius 1 is 1.21 bits per heavy atom. The first-order chi connectivity index (χ1) is 15.9. The zero-order valence-corrected chi connectivity index (χ0v) is 19.2. The molecule has 0 spiro atoms. The first-order valence-electron chi connectivity index (χ1n) is 11.1. The zero-order valence-electron chi connectivity index (χ0n) is 19.2. The maximum atomic E-state index is 13.5. The maximum absolute atomic E-state index is 13.5. The molecule has 0 unspecified atom stereocenters. The third-order valence-electron chi connectivity index (χ3n) is 5.89. The van der Waals surface area contributed by atoms with Gasteiger partial charge in [-0.3, -0.25) is 23.3 Å². The molecule has 0 bridgehead atoms. The van der Waals surface area contributed by atoms with Crippen molar-refractivity contribution in [3.8, 4) is 6.01 Å². The van der Waals surface area contributed by atoms with Crippen LogP contribution in [0.15, 0.2) is 51.6 Å². The SMILES string of the molecule is CC(C)=CCn1c(OC[C@@H]2CCNC2)nc2c1c(=O)n(CC(=O)c1ccccc1)c(=O)n2C. The van der Waals surface area contributed by atoms with Crippen molar-refractivity contribution in [2.45, 2.75) is 33.4 Å². The zero-order chi connectivity index (χ0) is 23.5. The summed E-state index contributed by atoms with van der Waals surface area (Å²) in [4.78, 5) is 43.7. The number of ether oxygens (including phenoxy) is 1. The molecule has 1 aliphatic rings. The highest BCUT2D eigenvalue weighted by atomic mass is 16.5. The van der Waals surface area contributed by atoms with E-state index < -0.39 is 11.2 Å². The van der Waals surface area contributed by atoms with Crippen molar-refractivity contribution in [3.63, 3.8) is 0 Å². The van der Waals surface area contributed by atoms with E-state index in [-0.39, 0.29) is 23.5 Å². The van der Waals surface area contributed by atoms with Crippen molar-refractivity contribution < 1.29 is 9.53 Å². The molecule has 0 radical (unpaired) electrons. The van der Waals surface area contributed by atoms with Crippen LogP contribution < -0.4 is 21.3 Å². The summed E-state index contributed by atoms with van der Waals surface area (Å²) in [6, 6.07) is 8.93. The number of carbonyl (C=O) groups excluding carboxylic acids is 1. The fraction of sp³-hybridized carbons (Fsp3) is 0.417. The van der Waals surface area contributed by atoms with Crippen molar-refractivity contribution in [2.75, 3.05) is 19.7 Å². The van der Waals surface area contributed by atoms with Crippen molar-refractivity contribution in [3.05, 3.63) is 68.4 Å². The molecule has 1 saturated heterocycles. The number of imidazole rings is 1. The van der Waals surface area contributed by atoms with Crippen LogP contribution in [0, 0.1) is 5.92 Å². The van der Waals surface area contributed by atoms with Gasteiger partial charge in [-0.15, -0.1) is 0 Å². The molecular formula is C24H29N5O4. The van der Waals surface area contributed by atoms with Crippen molar-refractivity contribution >= 4 is 16.9 Å². The minimum atomic E-state index is -0.588. The molecule has 174 valence electrons. The third-order valence-corrected chi connectivity index (χ3v) is 5.89. The highest BCUT2D eigenvalue weighted by Gasteiger charge is 2.23. The largest absolute Gasteiger partial charge is 0.464 e. The second-order valence-electron chi connectivity index (χ2n) is 8.65. The number of carbonyl (C=O) groups is 1. The van der Waals surface area contributed by atoms with E-state index in [0.717, 1.165) is 29.7 Å². The van der Waals surface area contributed by atoms with E-state index in [2.05, 4.69) is 10.3 Å². The summed E-state index contributed by atoms with van der Waals surface area (Å²) in [7, 11) is 1.55. The molecule has 3 heterocycles. The first kappa shape index (κ1) is 22.7. The quantitative estimate of drug-likeness (QED) is 0.414. The normalized spacial score (nSPS) is 15.7. The molecule has 0 amide bonds. The number of Topliss-reactive ketones (excluding diaryl/α,β-unsaturated/α-hetero) is 1. The van der Waals surface area contributed by atoms with Crippen LogP contribution in [0.25, 0.3) is 11.2 Å². The van der Waals surface area contributed by atoms with Crippen molar-refractivity contribution in [2.24, 2.45) is 13.0 Å². The van der Waals surface area contributed by atoms with Gasteiger partial charge >= 0.3 is 5.69 Å². The Morgan fingerprint density at radius 3 is 2.64 bits per heavy atom. The number of hydrogen-bond donors (Lipinski definition) is 1. The molecule has 2 aromatic heterocycles. The number of fused-ring (bicyclic) bond motifs is 1. The number of rotatable bonds is 8. The lowest BCUT2D eigenvalue weighted by molar-refractivity contribution is 0.0969. The van der Waals surface area contributed by atoms with Gasteiger partial charge in [-0.05, 0) is 26.8 Å².